The maximum atomic E-state index is 13.8. The number of amides is 3. The van der Waals surface area contributed by atoms with Crippen molar-refractivity contribution in [3.8, 4) is 0 Å². The average molecular weight is 520 g/mol. The van der Waals surface area contributed by atoms with Crippen LogP contribution in [0.3, 0.4) is 0 Å². The predicted octanol–water partition coefficient (Wildman–Crippen LogP) is 3.32. The Kier molecular flexibility index (Phi) is 6.66. The summed E-state index contributed by atoms with van der Waals surface area (Å²) in [7, 11) is 4.38. The Bertz CT molecular complexity index is 1150. The van der Waals surface area contributed by atoms with Crippen LogP contribution in [0.1, 0.15) is 62.8 Å². The maximum absolute atomic E-state index is 13.8. The number of fused-ring (bicyclic) bond motifs is 1. The molecule has 0 bridgehead atoms. The van der Waals surface area contributed by atoms with Crippen LogP contribution in [0.5, 0.6) is 0 Å². The number of carbonyl (C=O) groups is 2. The Morgan fingerprint density at radius 3 is 2.53 bits per heavy atom. The second-order valence-corrected chi connectivity index (χ2v) is 12.1. The minimum atomic E-state index is -0.133. The summed E-state index contributed by atoms with van der Waals surface area (Å²) in [6.07, 6.45) is 9.68. The number of urea groups is 1. The summed E-state index contributed by atoms with van der Waals surface area (Å²) in [5.41, 5.74) is 1.23. The molecule has 3 amide bonds. The molecular formula is C29H41N7O2. The van der Waals surface area contributed by atoms with Crippen molar-refractivity contribution < 1.29 is 9.59 Å². The Morgan fingerprint density at radius 1 is 1.08 bits per heavy atom. The third-order valence-corrected chi connectivity index (χ3v) is 9.96. The molecule has 2 saturated carbocycles. The number of carbonyl (C=O) groups excluding carboxylic acids is 2. The number of aromatic nitrogens is 3. The maximum Gasteiger partial charge on any atom is 0.320 e. The molecule has 1 saturated heterocycles. The van der Waals surface area contributed by atoms with Crippen LogP contribution in [-0.2, 0) is 23.4 Å². The molecule has 1 aromatic heterocycles. The molecule has 2 aliphatic carbocycles. The van der Waals surface area contributed by atoms with Crippen molar-refractivity contribution in [2.24, 2.45) is 5.92 Å². The molecule has 0 unspecified atom stereocenters. The van der Waals surface area contributed by atoms with Gasteiger partial charge >= 0.3 is 6.03 Å². The first kappa shape index (κ1) is 25.3. The highest BCUT2D eigenvalue weighted by atomic mass is 16.2. The second-order valence-electron chi connectivity index (χ2n) is 12.1. The summed E-state index contributed by atoms with van der Waals surface area (Å²) in [4.78, 5) is 39.7. The predicted molar refractivity (Wildman–Crippen MR) is 144 cm³/mol. The molecule has 3 fully saturated rings. The summed E-state index contributed by atoms with van der Waals surface area (Å²) in [6, 6.07) is 11.0. The van der Waals surface area contributed by atoms with Crippen LogP contribution in [0.15, 0.2) is 36.7 Å². The lowest BCUT2D eigenvalue weighted by Crippen LogP contribution is -2.56. The topological polar surface area (TPSA) is 77.8 Å². The highest BCUT2D eigenvalue weighted by Gasteiger charge is 2.54. The zero-order valence-electron chi connectivity index (χ0n) is 22.9. The van der Waals surface area contributed by atoms with Crippen LogP contribution in [-0.4, -0.2) is 92.1 Å². The van der Waals surface area contributed by atoms with Crippen LogP contribution in [0.4, 0.5) is 4.79 Å². The van der Waals surface area contributed by atoms with E-state index >= 15 is 0 Å². The van der Waals surface area contributed by atoms with E-state index in [1.165, 1.54) is 24.8 Å². The van der Waals surface area contributed by atoms with E-state index in [2.05, 4.69) is 64.3 Å². The summed E-state index contributed by atoms with van der Waals surface area (Å²) < 4.78 is 1.86. The molecule has 9 nitrogen and oxygen atoms in total. The second kappa shape index (κ2) is 9.98. The van der Waals surface area contributed by atoms with E-state index in [0.29, 0.717) is 38.5 Å². The van der Waals surface area contributed by atoms with Gasteiger partial charge in [-0.2, -0.15) is 5.10 Å². The summed E-state index contributed by atoms with van der Waals surface area (Å²) in [6.45, 7) is 3.91. The fourth-order valence-electron chi connectivity index (χ4n) is 7.23. The van der Waals surface area contributed by atoms with Gasteiger partial charge in [-0.3, -0.25) is 9.69 Å². The van der Waals surface area contributed by atoms with Gasteiger partial charge < -0.3 is 14.7 Å². The molecule has 0 atom stereocenters. The summed E-state index contributed by atoms with van der Waals surface area (Å²) >= 11 is 0. The highest BCUT2D eigenvalue weighted by Crippen LogP contribution is 2.49. The van der Waals surface area contributed by atoms with Gasteiger partial charge in [-0.1, -0.05) is 36.8 Å². The Labute approximate surface area is 225 Å². The molecule has 0 radical (unpaired) electrons. The van der Waals surface area contributed by atoms with Gasteiger partial charge in [-0.15, -0.1) is 0 Å². The molecular weight excluding hydrogens is 478 g/mol. The molecule has 0 N–H and O–H groups in total. The Hall–Kier alpha value is -2.94. The number of hydrogen-bond acceptors (Lipinski definition) is 5. The smallest absolute Gasteiger partial charge is 0.320 e. The van der Waals surface area contributed by atoms with Gasteiger partial charge in [-0.25, -0.2) is 14.5 Å². The van der Waals surface area contributed by atoms with Crippen molar-refractivity contribution in [2.45, 2.75) is 75.5 Å². The molecule has 1 aromatic carbocycles. The molecule has 1 spiro atoms. The molecule has 6 rings (SSSR count). The molecule has 4 aliphatic rings. The van der Waals surface area contributed by atoms with E-state index in [0.717, 1.165) is 44.6 Å². The zero-order valence-corrected chi connectivity index (χ0v) is 22.9. The van der Waals surface area contributed by atoms with Gasteiger partial charge in [0.2, 0.25) is 5.91 Å². The lowest BCUT2D eigenvalue weighted by molar-refractivity contribution is -0.133. The van der Waals surface area contributed by atoms with Crippen LogP contribution in [0.25, 0.3) is 0 Å². The van der Waals surface area contributed by atoms with Crippen LogP contribution < -0.4 is 0 Å². The number of benzene rings is 1. The Morgan fingerprint density at radius 2 is 1.84 bits per heavy atom. The van der Waals surface area contributed by atoms with E-state index in [1.807, 2.05) is 14.5 Å². The standard InChI is InChI=1S/C29H41N7O2/c1-32(2)29(24-9-4-3-5-10-24)14-12-28(13-15-29)21-34(27(38)35(28)19-23-7-6-8-23)16-11-26(37)33-17-18-36-25(20-33)30-22-31-36/h3-5,9-10,22-23H,6-8,11-21H2,1-2H3. The van der Waals surface area contributed by atoms with Crippen molar-refractivity contribution in [2.75, 3.05) is 40.3 Å². The van der Waals surface area contributed by atoms with Gasteiger partial charge in [0.1, 0.15) is 12.2 Å². The van der Waals surface area contributed by atoms with Crippen molar-refractivity contribution in [3.05, 3.63) is 48.0 Å². The van der Waals surface area contributed by atoms with Gasteiger partial charge in [0.25, 0.3) is 0 Å². The molecule has 9 heteroatoms. The fraction of sp³-hybridized carbons (Fsp3) is 0.655. The molecule has 204 valence electrons. The number of rotatable bonds is 7. The average Bonchev–Trinajstić information content (AvgIpc) is 3.48. The Balaban J connectivity index is 1.16. The lowest BCUT2D eigenvalue weighted by atomic mass is 9.68. The fourth-order valence-corrected chi connectivity index (χ4v) is 7.23. The minimum Gasteiger partial charge on any atom is -0.333 e. The van der Waals surface area contributed by atoms with Crippen molar-refractivity contribution >= 4 is 11.9 Å². The molecule has 2 aromatic rings. The van der Waals surface area contributed by atoms with Crippen molar-refractivity contribution in [1.82, 2.24) is 34.4 Å². The lowest BCUT2D eigenvalue weighted by Gasteiger charge is -2.51. The van der Waals surface area contributed by atoms with E-state index < -0.39 is 0 Å². The minimum absolute atomic E-state index is 0.00407. The van der Waals surface area contributed by atoms with E-state index in [-0.39, 0.29) is 23.0 Å². The van der Waals surface area contributed by atoms with Crippen molar-refractivity contribution in [3.63, 3.8) is 0 Å². The number of nitrogens with zero attached hydrogens (tertiary/aromatic N) is 7. The van der Waals surface area contributed by atoms with Gasteiger partial charge in [0, 0.05) is 38.1 Å². The van der Waals surface area contributed by atoms with Gasteiger partial charge in [0.15, 0.2) is 0 Å². The number of hydrogen-bond donors (Lipinski definition) is 0. The first-order valence-electron chi connectivity index (χ1n) is 14.3. The summed E-state index contributed by atoms with van der Waals surface area (Å²) in [5.74, 6) is 1.55. The highest BCUT2D eigenvalue weighted by molar-refractivity contribution is 5.80. The monoisotopic (exact) mass is 519 g/mol. The SMILES string of the molecule is CN(C)C1(c2ccccc2)CCC2(CC1)CN(CCC(=O)N1CCn3ncnc3C1)C(=O)N2CC1CCC1. The summed E-state index contributed by atoms with van der Waals surface area (Å²) in [5, 5.41) is 4.21. The molecule has 38 heavy (non-hydrogen) atoms. The normalized spacial score (nSPS) is 27.8. The molecule has 3 heterocycles. The van der Waals surface area contributed by atoms with Gasteiger partial charge in [-0.05, 0) is 64.1 Å². The third kappa shape index (κ3) is 4.38. The zero-order chi connectivity index (χ0) is 26.3. The van der Waals surface area contributed by atoms with Crippen LogP contribution in [0, 0.1) is 5.92 Å². The largest absolute Gasteiger partial charge is 0.333 e. The quantitative estimate of drug-likeness (QED) is 0.561. The van der Waals surface area contributed by atoms with Crippen LogP contribution >= 0.6 is 0 Å². The van der Waals surface area contributed by atoms with Crippen molar-refractivity contribution in [1.29, 1.82) is 0 Å². The first-order chi connectivity index (χ1) is 18.4. The van der Waals surface area contributed by atoms with Gasteiger partial charge in [0.05, 0.1) is 18.6 Å². The third-order valence-electron chi connectivity index (χ3n) is 9.96. The van der Waals surface area contributed by atoms with E-state index in [4.69, 9.17) is 0 Å². The first-order valence-corrected chi connectivity index (χ1v) is 14.3. The van der Waals surface area contributed by atoms with Crippen LogP contribution in [0.2, 0.25) is 0 Å². The molecule has 2 aliphatic heterocycles. The van der Waals surface area contributed by atoms with E-state index in [9.17, 15) is 9.59 Å². The van der Waals surface area contributed by atoms with E-state index in [1.54, 1.807) is 6.33 Å².